The lowest BCUT2D eigenvalue weighted by Crippen LogP contribution is -1.95. The van der Waals surface area contributed by atoms with Crippen LogP contribution >= 0.6 is 23.2 Å². The summed E-state index contributed by atoms with van der Waals surface area (Å²) in [5.41, 5.74) is 9.13. The second-order valence-electron chi connectivity index (χ2n) is 3.56. The Hall–Kier alpha value is -0.990. The van der Waals surface area contributed by atoms with Crippen LogP contribution in [0.25, 0.3) is 10.9 Å². The summed E-state index contributed by atoms with van der Waals surface area (Å²) in [6, 6.07) is 3.60. The third-order valence-corrected chi connectivity index (χ3v) is 2.95. The molecule has 0 saturated carbocycles. The average molecular weight is 241 g/mol. The zero-order chi connectivity index (χ0) is 11.2. The topological polar surface area (TPSA) is 38.9 Å². The second kappa shape index (κ2) is 3.54. The number of benzene rings is 1. The average Bonchev–Trinajstić information content (AvgIpc) is 2.13. The smallest absolute Gasteiger partial charge is 0.0915 e. The van der Waals surface area contributed by atoms with Crippen molar-refractivity contribution in [2.45, 2.75) is 13.8 Å². The molecule has 2 nitrogen and oxygen atoms in total. The van der Waals surface area contributed by atoms with Crippen LogP contribution in [0.5, 0.6) is 0 Å². The van der Waals surface area contributed by atoms with Gasteiger partial charge in [-0.2, -0.15) is 0 Å². The summed E-state index contributed by atoms with van der Waals surface area (Å²) in [5, 5.41) is 1.86. The zero-order valence-corrected chi connectivity index (χ0v) is 9.95. The Balaban J connectivity index is 3.03. The molecule has 0 spiro atoms. The fourth-order valence-electron chi connectivity index (χ4n) is 1.73. The van der Waals surface area contributed by atoms with E-state index in [1.54, 1.807) is 6.07 Å². The number of pyridine rings is 1. The second-order valence-corrected chi connectivity index (χ2v) is 4.37. The molecule has 0 unspecified atom stereocenters. The molecular formula is C11H10Cl2N2. The van der Waals surface area contributed by atoms with E-state index >= 15 is 0 Å². The van der Waals surface area contributed by atoms with E-state index in [-0.39, 0.29) is 0 Å². The van der Waals surface area contributed by atoms with Crippen molar-refractivity contribution in [1.82, 2.24) is 4.98 Å². The molecule has 78 valence electrons. The van der Waals surface area contributed by atoms with Gasteiger partial charge in [0, 0.05) is 11.1 Å². The summed E-state index contributed by atoms with van der Waals surface area (Å²) in [4.78, 5) is 4.37. The molecule has 0 amide bonds. The van der Waals surface area contributed by atoms with Crippen LogP contribution < -0.4 is 5.73 Å². The van der Waals surface area contributed by atoms with Crippen molar-refractivity contribution >= 4 is 39.8 Å². The highest BCUT2D eigenvalue weighted by Gasteiger charge is 2.11. The first-order chi connectivity index (χ1) is 7.00. The van der Waals surface area contributed by atoms with Crippen molar-refractivity contribution in [3.05, 3.63) is 33.4 Å². The fourth-order valence-corrected chi connectivity index (χ4v) is 2.23. The van der Waals surface area contributed by atoms with Crippen LogP contribution in [0.1, 0.15) is 11.3 Å². The van der Waals surface area contributed by atoms with Crippen molar-refractivity contribution in [3.8, 4) is 0 Å². The van der Waals surface area contributed by atoms with Crippen LogP contribution in [0.4, 0.5) is 5.69 Å². The first-order valence-corrected chi connectivity index (χ1v) is 5.27. The minimum atomic E-state index is 0.473. The molecule has 2 N–H and O–H groups in total. The van der Waals surface area contributed by atoms with Crippen molar-refractivity contribution in [2.75, 3.05) is 5.73 Å². The van der Waals surface area contributed by atoms with Gasteiger partial charge in [0.1, 0.15) is 0 Å². The van der Waals surface area contributed by atoms with E-state index in [1.165, 1.54) is 0 Å². The van der Waals surface area contributed by atoms with Gasteiger partial charge in [0.05, 0.1) is 21.2 Å². The Kier molecular flexibility index (Phi) is 2.49. The number of rotatable bonds is 0. The van der Waals surface area contributed by atoms with E-state index in [4.69, 9.17) is 28.9 Å². The maximum Gasteiger partial charge on any atom is 0.0915 e. The van der Waals surface area contributed by atoms with Crippen molar-refractivity contribution < 1.29 is 0 Å². The van der Waals surface area contributed by atoms with Gasteiger partial charge in [0.25, 0.3) is 0 Å². The first kappa shape index (κ1) is 10.5. The van der Waals surface area contributed by atoms with E-state index in [2.05, 4.69) is 4.98 Å². The molecule has 1 aromatic heterocycles. The summed E-state index contributed by atoms with van der Waals surface area (Å²) in [6.07, 6.45) is 0. The number of hydrogen-bond donors (Lipinski definition) is 1. The quantitative estimate of drug-likeness (QED) is 0.713. The van der Waals surface area contributed by atoms with E-state index in [0.29, 0.717) is 15.7 Å². The Bertz CT molecular complexity index is 550. The molecule has 1 heterocycles. The predicted molar refractivity (Wildman–Crippen MR) is 65.6 cm³/mol. The minimum Gasteiger partial charge on any atom is -0.397 e. The Labute approximate surface area is 98.0 Å². The van der Waals surface area contributed by atoms with Gasteiger partial charge in [-0.1, -0.05) is 23.2 Å². The normalized spacial score (nSPS) is 10.9. The molecular weight excluding hydrogens is 231 g/mol. The molecule has 0 aliphatic carbocycles. The van der Waals surface area contributed by atoms with Crippen LogP contribution in [0.15, 0.2) is 12.1 Å². The Morgan fingerprint density at radius 3 is 2.47 bits per heavy atom. The SMILES string of the molecule is Cc1cc(C)c2c(N)c(Cl)cc(Cl)c2n1. The lowest BCUT2D eigenvalue weighted by molar-refractivity contribution is 1.23. The molecule has 0 bridgehead atoms. The molecule has 0 aliphatic rings. The minimum absolute atomic E-state index is 0.473. The van der Waals surface area contributed by atoms with Gasteiger partial charge in [-0.3, -0.25) is 4.98 Å². The Morgan fingerprint density at radius 2 is 1.80 bits per heavy atom. The van der Waals surface area contributed by atoms with Gasteiger partial charge < -0.3 is 5.73 Å². The number of fused-ring (bicyclic) bond motifs is 1. The highest BCUT2D eigenvalue weighted by molar-refractivity contribution is 6.40. The molecule has 15 heavy (non-hydrogen) atoms. The fraction of sp³-hybridized carbons (Fsp3) is 0.182. The molecule has 0 fully saturated rings. The summed E-state index contributed by atoms with van der Waals surface area (Å²) in [6.45, 7) is 3.90. The summed E-state index contributed by atoms with van der Waals surface area (Å²) in [5.74, 6) is 0. The summed E-state index contributed by atoms with van der Waals surface area (Å²) < 4.78 is 0. The van der Waals surface area contributed by atoms with Gasteiger partial charge >= 0.3 is 0 Å². The van der Waals surface area contributed by atoms with E-state index in [1.807, 2.05) is 19.9 Å². The van der Waals surface area contributed by atoms with Crippen molar-refractivity contribution in [2.24, 2.45) is 0 Å². The van der Waals surface area contributed by atoms with E-state index in [0.717, 1.165) is 22.2 Å². The monoisotopic (exact) mass is 240 g/mol. The van der Waals surface area contributed by atoms with Gasteiger partial charge in [0.15, 0.2) is 0 Å². The zero-order valence-electron chi connectivity index (χ0n) is 8.44. The standard InChI is InChI=1S/C11H10Cl2N2/c1-5-3-6(2)15-11-8(13)4-7(12)10(14)9(5)11/h3-4H,14H2,1-2H3. The number of aromatic nitrogens is 1. The van der Waals surface area contributed by atoms with Crippen LogP contribution in [0.2, 0.25) is 10.0 Å². The van der Waals surface area contributed by atoms with Crippen molar-refractivity contribution in [3.63, 3.8) is 0 Å². The van der Waals surface area contributed by atoms with Crippen molar-refractivity contribution in [1.29, 1.82) is 0 Å². The molecule has 2 rings (SSSR count). The number of halogens is 2. The molecule has 2 aromatic rings. The maximum absolute atomic E-state index is 6.08. The molecule has 4 heteroatoms. The largest absolute Gasteiger partial charge is 0.397 e. The first-order valence-electron chi connectivity index (χ1n) is 4.52. The molecule has 0 radical (unpaired) electrons. The number of nitrogen functional groups attached to an aromatic ring is 1. The third-order valence-electron chi connectivity index (χ3n) is 2.35. The highest BCUT2D eigenvalue weighted by Crippen LogP contribution is 2.35. The van der Waals surface area contributed by atoms with E-state index in [9.17, 15) is 0 Å². The van der Waals surface area contributed by atoms with Gasteiger partial charge in [-0.15, -0.1) is 0 Å². The van der Waals surface area contributed by atoms with Gasteiger partial charge in [-0.25, -0.2) is 0 Å². The highest BCUT2D eigenvalue weighted by atomic mass is 35.5. The number of anilines is 1. The van der Waals surface area contributed by atoms with Gasteiger partial charge in [-0.05, 0) is 31.5 Å². The lowest BCUT2D eigenvalue weighted by atomic mass is 10.1. The molecule has 0 aliphatic heterocycles. The number of nitrogens with two attached hydrogens (primary N) is 1. The van der Waals surface area contributed by atoms with Crippen LogP contribution in [-0.2, 0) is 0 Å². The van der Waals surface area contributed by atoms with E-state index < -0.39 is 0 Å². The number of hydrogen-bond acceptors (Lipinski definition) is 2. The van der Waals surface area contributed by atoms with Gasteiger partial charge in [0.2, 0.25) is 0 Å². The summed E-state index contributed by atoms with van der Waals surface area (Å²) >= 11 is 12.0. The number of aryl methyl sites for hydroxylation is 2. The predicted octanol–water partition coefficient (Wildman–Crippen LogP) is 3.74. The van der Waals surface area contributed by atoms with Crippen LogP contribution in [-0.4, -0.2) is 4.98 Å². The third kappa shape index (κ3) is 1.64. The number of nitrogens with zero attached hydrogens (tertiary/aromatic N) is 1. The molecule has 0 saturated heterocycles. The molecule has 1 aromatic carbocycles. The Morgan fingerprint density at radius 1 is 1.13 bits per heavy atom. The summed E-state index contributed by atoms with van der Waals surface area (Å²) in [7, 11) is 0. The van der Waals surface area contributed by atoms with Crippen LogP contribution in [0.3, 0.4) is 0 Å². The molecule has 0 atom stereocenters. The maximum atomic E-state index is 6.08. The lowest BCUT2D eigenvalue weighted by Gasteiger charge is -2.09. The van der Waals surface area contributed by atoms with Crippen LogP contribution in [0, 0.1) is 13.8 Å².